The van der Waals surface area contributed by atoms with Gasteiger partial charge in [0.1, 0.15) is 12.1 Å². The van der Waals surface area contributed by atoms with Crippen LogP contribution in [0.25, 0.3) is 0 Å². The zero-order valence-electron chi connectivity index (χ0n) is 13.0. The second kappa shape index (κ2) is 8.44. The van der Waals surface area contributed by atoms with E-state index in [-0.39, 0.29) is 12.4 Å². The molecule has 1 fully saturated rings. The van der Waals surface area contributed by atoms with E-state index in [9.17, 15) is 5.11 Å². The van der Waals surface area contributed by atoms with Crippen LogP contribution < -0.4 is 17.3 Å². The van der Waals surface area contributed by atoms with Gasteiger partial charge in [0.25, 0.3) is 0 Å². The Labute approximate surface area is 135 Å². The Hall–Kier alpha value is -1.01. The fraction of sp³-hybridized carbons (Fsp3) is 0.556. The van der Waals surface area contributed by atoms with Crippen molar-refractivity contribution in [2.45, 2.75) is 37.7 Å². The molecule has 1 aliphatic carbocycles. The van der Waals surface area contributed by atoms with E-state index in [0.717, 1.165) is 24.9 Å². The standard InChI is InChI=1S/C18H25NO.ClH/c1-19(2)15-9-8-14-18(20,17-12-6-7-13-17)16-10-4-3-5-11-16;/h3-5,10-11,17,20H,6-7,12-15H2,1-2H3;1H. The number of rotatable bonds is 4. The van der Waals surface area contributed by atoms with Crippen LogP contribution in [-0.2, 0) is 5.60 Å². The summed E-state index contributed by atoms with van der Waals surface area (Å²) < 4.78 is 0. The van der Waals surface area contributed by atoms with Gasteiger partial charge >= 0.3 is 0 Å². The molecule has 1 saturated carbocycles. The summed E-state index contributed by atoms with van der Waals surface area (Å²) in [4.78, 5) is 1.32. The Morgan fingerprint density at radius 2 is 1.76 bits per heavy atom. The zero-order chi connectivity index (χ0) is 14.4. The first-order valence-electron chi connectivity index (χ1n) is 7.65. The first kappa shape index (κ1) is 18.0. The van der Waals surface area contributed by atoms with Gasteiger partial charge in [0, 0.05) is 6.42 Å². The average Bonchev–Trinajstić information content (AvgIpc) is 2.99. The first-order valence-corrected chi connectivity index (χ1v) is 7.65. The molecule has 2 N–H and O–H groups in total. The lowest BCUT2D eigenvalue weighted by atomic mass is 9.78. The van der Waals surface area contributed by atoms with Crippen LogP contribution >= 0.6 is 0 Å². The van der Waals surface area contributed by atoms with Gasteiger partial charge in [0.2, 0.25) is 0 Å². The molecule has 1 unspecified atom stereocenters. The van der Waals surface area contributed by atoms with E-state index < -0.39 is 5.60 Å². The van der Waals surface area contributed by atoms with Crippen LogP contribution in [0.1, 0.15) is 37.7 Å². The van der Waals surface area contributed by atoms with Crippen LogP contribution in [0.15, 0.2) is 30.3 Å². The van der Waals surface area contributed by atoms with E-state index in [1.807, 2.05) is 30.3 Å². The van der Waals surface area contributed by atoms with E-state index in [1.165, 1.54) is 17.7 Å². The molecule has 21 heavy (non-hydrogen) atoms. The summed E-state index contributed by atoms with van der Waals surface area (Å²) in [6.45, 7) is 0.829. The maximum atomic E-state index is 11.2. The fourth-order valence-corrected chi connectivity index (χ4v) is 3.05. The summed E-state index contributed by atoms with van der Waals surface area (Å²) in [5, 5.41) is 11.2. The molecule has 3 heteroatoms. The minimum Gasteiger partial charge on any atom is -1.00 e. The van der Waals surface area contributed by atoms with Gasteiger partial charge in [-0.3, -0.25) is 0 Å². The SMILES string of the molecule is C[NH+](C)CC#CCC(O)(c1ccccc1)C1CCCC1.[Cl-]. The van der Waals surface area contributed by atoms with Gasteiger partial charge in [0.05, 0.1) is 14.1 Å². The van der Waals surface area contributed by atoms with Gasteiger partial charge in [0.15, 0.2) is 0 Å². The highest BCUT2D eigenvalue weighted by atomic mass is 35.5. The lowest BCUT2D eigenvalue weighted by Gasteiger charge is -2.33. The summed E-state index contributed by atoms with van der Waals surface area (Å²) >= 11 is 0. The quantitative estimate of drug-likeness (QED) is 0.658. The van der Waals surface area contributed by atoms with Crippen molar-refractivity contribution in [2.24, 2.45) is 5.92 Å². The number of hydrogen-bond acceptors (Lipinski definition) is 1. The van der Waals surface area contributed by atoms with Crippen LogP contribution in [-0.4, -0.2) is 25.7 Å². The molecular weight excluding hydrogens is 282 g/mol. The van der Waals surface area contributed by atoms with Gasteiger partial charge < -0.3 is 22.4 Å². The molecule has 2 rings (SSSR count). The summed E-state index contributed by atoms with van der Waals surface area (Å²) in [5.74, 6) is 6.75. The summed E-state index contributed by atoms with van der Waals surface area (Å²) in [7, 11) is 4.18. The van der Waals surface area contributed by atoms with E-state index >= 15 is 0 Å². The third kappa shape index (κ3) is 4.74. The molecule has 0 amide bonds. The van der Waals surface area contributed by atoms with Gasteiger partial charge in [-0.25, -0.2) is 0 Å². The van der Waals surface area contributed by atoms with Crippen molar-refractivity contribution in [3.8, 4) is 11.8 Å². The summed E-state index contributed by atoms with van der Waals surface area (Å²) in [6, 6.07) is 10.1. The number of nitrogens with one attached hydrogen (secondary N) is 1. The van der Waals surface area contributed by atoms with Crippen molar-refractivity contribution in [3.05, 3.63) is 35.9 Å². The van der Waals surface area contributed by atoms with Crippen LogP contribution in [0.5, 0.6) is 0 Å². The van der Waals surface area contributed by atoms with Crippen molar-refractivity contribution in [2.75, 3.05) is 20.6 Å². The topological polar surface area (TPSA) is 24.7 Å². The van der Waals surface area contributed by atoms with Crippen LogP contribution in [0, 0.1) is 17.8 Å². The highest BCUT2D eigenvalue weighted by Crippen LogP contribution is 2.42. The summed E-state index contributed by atoms with van der Waals surface area (Å²) in [6.07, 6.45) is 5.25. The molecule has 0 aromatic heterocycles. The fourth-order valence-electron chi connectivity index (χ4n) is 3.05. The minimum absolute atomic E-state index is 0. The van der Waals surface area contributed by atoms with Gasteiger partial charge in [-0.15, -0.1) is 0 Å². The lowest BCUT2D eigenvalue weighted by molar-refractivity contribution is -0.850. The molecule has 1 aromatic rings. The molecule has 0 aliphatic heterocycles. The lowest BCUT2D eigenvalue weighted by Crippen LogP contribution is -3.05. The minimum atomic E-state index is -0.771. The third-order valence-corrected chi connectivity index (χ3v) is 4.23. The maximum Gasteiger partial charge on any atom is 0.138 e. The summed E-state index contributed by atoms with van der Waals surface area (Å²) in [5.41, 5.74) is 0.255. The highest BCUT2D eigenvalue weighted by Gasteiger charge is 2.39. The number of aliphatic hydroxyl groups is 1. The maximum absolute atomic E-state index is 11.2. The molecule has 0 radical (unpaired) electrons. The molecule has 1 atom stereocenters. The Balaban J connectivity index is 0.00000220. The van der Waals surface area contributed by atoms with Crippen molar-refractivity contribution >= 4 is 0 Å². The molecule has 1 aromatic carbocycles. The number of hydrogen-bond donors (Lipinski definition) is 2. The number of quaternary nitrogens is 1. The van der Waals surface area contributed by atoms with Crippen LogP contribution in [0.2, 0.25) is 0 Å². The van der Waals surface area contributed by atoms with Crippen molar-refractivity contribution in [1.82, 2.24) is 0 Å². The van der Waals surface area contributed by atoms with Crippen molar-refractivity contribution < 1.29 is 22.4 Å². The molecule has 0 heterocycles. The Kier molecular flexibility index (Phi) is 7.25. The number of benzene rings is 1. The third-order valence-electron chi connectivity index (χ3n) is 4.23. The van der Waals surface area contributed by atoms with Crippen LogP contribution in [0.3, 0.4) is 0 Å². The van der Waals surface area contributed by atoms with Gasteiger partial charge in [-0.2, -0.15) is 0 Å². The first-order chi connectivity index (χ1) is 9.63. The van der Waals surface area contributed by atoms with Gasteiger partial charge in [-0.05, 0) is 30.2 Å². The molecule has 0 spiro atoms. The van der Waals surface area contributed by atoms with E-state index in [2.05, 4.69) is 25.9 Å². The van der Waals surface area contributed by atoms with Gasteiger partial charge in [-0.1, -0.05) is 49.1 Å². The predicted octanol–water partition coefficient (Wildman–Crippen LogP) is -1.39. The van der Waals surface area contributed by atoms with Crippen molar-refractivity contribution in [1.29, 1.82) is 0 Å². The van der Waals surface area contributed by atoms with Crippen molar-refractivity contribution in [3.63, 3.8) is 0 Å². The van der Waals surface area contributed by atoms with E-state index in [4.69, 9.17) is 0 Å². The molecule has 0 saturated heterocycles. The molecule has 116 valence electrons. The van der Waals surface area contributed by atoms with E-state index in [0.29, 0.717) is 12.3 Å². The second-order valence-corrected chi connectivity index (χ2v) is 6.19. The monoisotopic (exact) mass is 307 g/mol. The Bertz CT molecular complexity index is 471. The molecule has 0 bridgehead atoms. The average molecular weight is 308 g/mol. The zero-order valence-corrected chi connectivity index (χ0v) is 13.8. The predicted molar refractivity (Wildman–Crippen MR) is 82.4 cm³/mol. The highest BCUT2D eigenvalue weighted by molar-refractivity contribution is 5.26. The molecular formula is C18H26ClNO. The molecule has 1 aliphatic rings. The largest absolute Gasteiger partial charge is 1.00 e. The smallest absolute Gasteiger partial charge is 0.138 e. The van der Waals surface area contributed by atoms with E-state index in [1.54, 1.807) is 0 Å². The van der Waals surface area contributed by atoms with Crippen LogP contribution in [0.4, 0.5) is 0 Å². The Morgan fingerprint density at radius 3 is 2.33 bits per heavy atom. The second-order valence-electron chi connectivity index (χ2n) is 6.19. The number of halogens is 1. The Morgan fingerprint density at radius 1 is 1.14 bits per heavy atom. The normalized spacial score (nSPS) is 17.7. The molecule has 2 nitrogen and oxygen atoms in total.